The minimum atomic E-state index is -1.06. The molecule has 0 heterocycles. The molecule has 0 aromatic carbocycles. The monoisotopic (exact) mass is 398 g/mol. The molecule has 160 valence electrons. The van der Waals surface area contributed by atoms with Crippen LogP contribution in [0.25, 0.3) is 0 Å². The van der Waals surface area contributed by atoms with Crippen LogP contribution in [0.4, 0.5) is 0 Å². The van der Waals surface area contributed by atoms with Crippen molar-refractivity contribution in [1.29, 1.82) is 0 Å². The van der Waals surface area contributed by atoms with Crippen molar-refractivity contribution in [2.75, 3.05) is 6.61 Å². The lowest BCUT2D eigenvalue weighted by molar-refractivity contribution is -0.237. The molecule has 2 saturated carbocycles. The normalized spacial score (nSPS) is 38.7. The van der Waals surface area contributed by atoms with Gasteiger partial charge in [0.2, 0.25) is 0 Å². The SMILES string of the molecule is CC(=O)OC[C@@H](C)[C@@H]1CC[C@]2(C)[C@@H]([C@H]1OC(C)=O)[C@](C)(O)CC[C@H]2OC(C)=O. The lowest BCUT2D eigenvalue weighted by atomic mass is 9.50. The van der Waals surface area contributed by atoms with E-state index in [1.807, 2.05) is 13.8 Å². The number of carbonyl (C=O) groups excluding carboxylic acids is 3. The van der Waals surface area contributed by atoms with E-state index in [1.165, 1.54) is 20.8 Å². The van der Waals surface area contributed by atoms with E-state index in [0.717, 1.165) is 12.8 Å². The summed E-state index contributed by atoms with van der Waals surface area (Å²) in [6.45, 7) is 10.1. The van der Waals surface area contributed by atoms with Crippen LogP contribution in [-0.2, 0) is 28.6 Å². The van der Waals surface area contributed by atoms with Crippen molar-refractivity contribution in [3.8, 4) is 0 Å². The molecule has 7 atom stereocenters. The summed E-state index contributed by atoms with van der Waals surface area (Å²) in [6, 6.07) is 0. The highest BCUT2D eigenvalue weighted by molar-refractivity contribution is 5.67. The molecule has 7 nitrogen and oxygen atoms in total. The van der Waals surface area contributed by atoms with Gasteiger partial charge < -0.3 is 19.3 Å². The molecule has 1 N–H and O–H groups in total. The molecule has 0 spiro atoms. The highest BCUT2D eigenvalue weighted by Crippen LogP contribution is 2.58. The zero-order chi connectivity index (χ0) is 21.3. The molecule has 2 aliphatic carbocycles. The predicted molar refractivity (Wildman–Crippen MR) is 101 cm³/mol. The summed E-state index contributed by atoms with van der Waals surface area (Å²) in [5.74, 6) is -1.60. The summed E-state index contributed by atoms with van der Waals surface area (Å²) in [4.78, 5) is 34.8. The fourth-order valence-electron chi connectivity index (χ4n) is 5.48. The van der Waals surface area contributed by atoms with Crippen LogP contribution in [-0.4, -0.2) is 47.4 Å². The maximum absolute atomic E-state index is 11.9. The van der Waals surface area contributed by atoms with Crippen molar-refractivity contribution in [3.05, 3.63) is 0 Å². The summed E-state index contributed by atoms with van der Waals surface area (Å²) in [5.41, 5.74) is -1.57. The first-order valence-corrected chi connectivity index (χ1v) is 10.1. The molecule has 2 rings (SSSR count). The fraction of sp³-hybridized carbons (Fsp3) is 0.857. The number of ether oxygens (including phenoxy) is 3. The van der Waals surface area contributed by atoms with Crippen LogP contribution in [0.3, 0.4) is 0 Å². The number of rotatable bonds is 5. The van der Waals surface area contributed by atoms with Crippen LogP contribution in [0, 0.1) is 23.2 Å². The number of esters is 3. The van der Waals surface area contributed by atoms with Crippen LogP contribution < -0.4 is 0 Å². The first kappa shape index (κ1) is 22.7. The molecule has 2 aliphatic rings. The smallest absolute Gasteiger partial charge is 0.302 e. The lowest BCUT2D eigenvalue weighted by Gasteiger charge is -2.59. The topological polar surface area (TPSA) is 99.1 Å². The van der Waals surface area contributed by atoms with E-state index in [4.69, 9.17) is 14.2 Å². The zero-order valence-electron chi connectivity index (χ0n) is 17.8. The van der Waals surface area contributed by atoms with Gasteiger partial charge in [-0.15, -0.1) is 0 Å². The van der Waals surface area contributed by atoms with Gasteiger partial charge in [-0.2, -0.15) is 0 Å². The minimum absolute atomic E-state index is 0.0392. The van der Waals surface area contributed by atoms with E-state index in [-0.39, 0.29) is 42.4 Å². The number of aliphatic hydroxyl groups is 1. The van der Waals surface area contributed by atoms with Crippen LogP contribution in [0.2, 0.25) is 0 Å². The standard InChI is InChI=1S/C21H34O7/c1-12(11-26-13(2)22)16-7-9-20(5)17(27-14(3)23)8-10-21(6,25)19(20)18(16)28-15(4)24/h12,16-19,25H,7-11H2,1-6H3/t12-,16+,17-,18+,19-,20+,21-/m1/s1. The molecular weight excluding hydrogens is 364 g/mol. The minimum Gasteiger partial charge on any atom is -0.466 e. The third kappa shape index (κ3) is 4.67. The van der Waals surface area contributed by atoms with Crippen molar-refractivity contribution in [2.45, 2.75) is 85.0 Å². The molecule has 28 heavy (non-hydrogen) atoms. The Balaban J connectivity index is 2.39. The summed E-state index contributed by atoms with van der Waals surface area (Å²) in [7, 11) is 0. The van der Waals surface area contributed by atoms with Gasteiger partial charge in [0, 0.05) is 38.0 Å². The van der Waals surface area contributed by atoms with Gasteiger partial charge in [-0.25, -0.2) is 0 Å². The molecule has 0 unspecified atom stereocenters. The van der Waals surface area contributed by atoms with E-state index in [2.05, 4.69) is 0 Å². The lowest BCUT2D eigenvalue weighted by Crippen LogP contribution is -2.64. The second-order valence-corrected chi connectivity index (χ2v) is 9.03. The Kier molecular flexibility index (Phi) is 6.79. The largest absolute Gasteiger partial charge is 0.466 e. The van der Waals surface area contributed by atoms with E-state index in [0.29, 0.717) is 12.8 Å². The Hall–Kier alpha value is -1.63. The van der Waals surface area contributed by atoms with Gasteiger partial charge in [-0.1, -0.05) is 13.8 Å². The van der Waals surface area contributed by atoms with E-state index >= 15 is 0 Å². The van der Waals surface area contributed by atoms with Gasteiger partial charge in [0.1, 0.15) is 12.2 Å². The predicted octanol–water partition coefficient (Wildman–Crippen LogP) is 2.63. The third-order valence-electron chi connectivity index (χ3n) is 6.69. The molecule has 7 heteroatoms. The molecular formula is C21H34O7. The number of carbonyl (C=O) groups is 3. The average Bonchev–Trinajstić information content (AvgIpc) is 2.54. The summed E-state index contributed by atoms with van der Waals surface area (Å²) in [5, 5.41) is 11.3. The van der Waals surface area contributed by atoms with Crippen molar-refractivity contribution in [2.24, 2.45) is 23.2 Å². The maximum Gasteiger partial charge on any atom is 0.302 e. The Bertz CT molecular complexity index is 614. The molecule has 0 aliphatic heterocycles. The van der Waals surface area contributed by atoms with Crippen LogP contribution in [0.1, 0.15) is 67.2 Å². The van der Waals surface area contributed by atoms with Crippen LogP contribution in [0.15, 0.2) is 0 Å². The molecule has 0 radical (unpaired) electrons. The van der Waals surface area contributed by atoms with Gasteiger partial charge in [0.05, 0.1) is 12.2 Å². The second-order valence-electron chi connectivity index (χ2n) is 9.03. The van der Waals surface area contributed by atoms with Gasteiger partial charge in [-0.3, -0.25) is 14.4 Å². The quantitative estimate of drug-likeness (QED) is 0.561. The molecule has 2 fully saturated rings. The van der Waals surface area contributed by atoms with Crippen molar-refractivity contribution >= 4 is 17.9 Å². The van der Waals surface area contributed by atoms with E-state index in [1.54, 1.807) is 6.92 Å². The Morgan fingerprint density at radius 2 is 1.61 bits per heavy atom. The maximum atomic E-state index is 11.9. The highest BCUT2D eigenvalue weighted by atomic mass is 16.6. The van der Waals surface area contributed by atoms with Crippen LogP contribution >= 0.6 is 0 Å². The molecule has 0 aromatic heterocycles. The Labute approximate surface area is 167 Å². The molecule has 0 amide bonds. The highest BCUT2D eigenvalue weighted by Gasteiger charge is 2.62. The summed E-state index contributed by atoms with van der Waals surface area (Å²) in [6.07, 6.45) is 1.58. The molecule has 0 saturated heterocycles. The van der Waals surface area contributed by atoms with Gasteiger partial charge in [-0.05, 0) is 38.5 Å². The van der Waals surface area contributed by atoms with E-state index < -0.39 is 23.1 Å². The number of fused-ring (bicyclic) bond motifs is 1. The molecule has 0 bridgehead atoms. The van der Waals surface area contributed by atoms with Gasteiger partial charge >= 0.3 is 17.9 Å². The van der Waals surface area contributed by atoms with Crippen molar-refractivity contribution < 1.29 is 33.7 Å². The van der Waals surface area contributed by atoms with Gasteiger partial charge in [0.25, 0.3) is 0 Å². The Morgan fingerprint density at radius 3 is 2.14 bits per heavy atom. The zero-order valence-corrected chi connectivity index (χ0v) is 17.8. The van der Waals surface area contributed by atoms with E-state index in [9.17, 15) is 19.5 Å². The van der Waals surface area contributed by atoms with Crippen molar-refractivity contribution in [3.63, 3.8) is 0 Å². The van der Waals surface area contributed by atoms with Crippen molar-refractivity contribution in [1.82, 2.24) is 0 Å². The third-order valence-corrected chi connectivity index (χ3v) is 6.69. The van der Waals surface area contributed by atoms with Gasteiger partial charge in [0.15, 0.2) is 0 Å². The second kappa shape index (κ2) is 8.39. The fourth-order valence-corrected chi connectivity index (χ4v) is 5.48. The first-order valence-electron chi connectivity index (χ1n) is 10.1. The van der Waals surface area contributed by atoms with Crippen LogP contribution in [0.5, 0.6) is 0 Å². The number of hydrogen-bond acceptors (Lipinski definition) is 7. The summed E-state index contributed by atoms with van der Waals surface area (Å²) >= 11 is 0. The molecule has 0 aromatic rings. The first-order chi connectivity index (χ1) is 12.9. The Morgan fingerprint density at radius 1 is 1.00 bits per heavy atom. The average molecular weight is 398 g/mol. The summed E-state index contributed by atoms with van der Waals surface area (Å²) < 4.78 is 16.6. The number of hydrogen-bond donors (Lipinski definition) is 1.